The summed E-state index contributed by atoms with van der Waals surface area (Å²) >= 11 is 5.08. The van der Waals surface area contributed by atoms with E-state index in [0.717, 1.165) is 12.8 Å². The molecule has 0 rings (SSSR count). The molecule has 0 bridgehead atoms. The second-order valence-electron chi connectivity index (χ2n) is 2.95. The number of thiocarbonyl (C=S) groups is 1. The van der Waals surface area contributed by atoms with E-state index in [2.05, 4.69) is 6.92 Å². The van der Waals surface area contributed by atoms with Crippen molar-refractivity contribution in [1.29, 1.82) is 0 Å². The smallest absolute Gasteiger partial charge is 0.495 e. The molecule has 0 spiro atoms. The van der Waals surface area contributed by atoms with Crippen LogP contribution >= 0.6 is 12.2 Å². The van der Waals surface area contributed by atoms with E-state index < -0.39 is 8.80 Å². The Hall–Kier alpha value is 1.66. The van der Waals surface area contributed by atoms with Crippen molar-refractivity contribution in [3.63, 3.8) is 0 Å². The molecule has 0 unspecified atom stereocenters. The van der Waals surface area contributed by atoms with Crippen molar-refractivity contribution < 1.29 is 13.3 Å². The van der Waals surface area contributed by atoms with Gasteiger partial charge in [0, 0.05) is 77.6 Å². The van der Waals surface area contributed by atoms with Gasteiger partial charge in [-0.1, -0.05) is 6.92 Å². The molecule has 0 saturated heterocycles. The Kier molecular flexibility index (Phi) is 13.7. The zero-order valence-corrected chi connectivity index (χ0v) is 15.4. The number of hydrogen-bond acceptors (Lipinski definition) is 4. The Morgan fingerprint density at radius 1 is 1.13 bits per heavy atom. The normalized spacial score (nSPS) is 10.7. The molecule has 15 heavy (non-hydrogen) atoms. The van der Waals surface area contributed by atoms with Gasteiger partial charge in [-0.2, -0.15) is 0 Å². The third-order valence-corrected chi connectivity index (χ3v) is 4.25. The Balaban J connectivity index is 0. The minimum atomic E-state index is -2.49. The van der Waals surface area contributed by atoms with Crippen LogP contribution in [0, 0.1) is 0 Å². The van der Waals surface area contributed by atoms with E-state index in [9.17, 15) is 0 Å². The summed E-state index contributed by atoms with van der Waals surface area (Å²) in [7, 11) is -2.49. The van der Waals surface area contributed by atoms with Crippen molar-refractivity contribution >= 4 is 77.5 Å². The van der Waals surface area contributed by atoms with Crippen molar-refractivity contribution in [3.05, 3.63) is 0 Å². The van der Waals surface area contributed by atoms with Crippen molar-refractivity contribution in [1.82, 2.24) is 0 Å². The maximum atomic E-state index is 5.59. The topological polar surface area (TPSA) is 27.7 Å². The minimum Gasteiger partial charge on any atom is -0.495 e. The van der Waals surface area contributed by atoms with Gasteiger partial charge in [0.15, 0.2) is 0 Å². The molecule has 85 valence electrons. The Bertz CT molecular complexity index is 175. The molecule has 0 heterocycles. The summed E-state index contributed by atoms with van der Waals surface area (Å²) < 4.78 is 16.6. The third kappa shape index (κ3) is 9.37. The average Bonchev–Trinajstić information content (AvgIpc) is 2.04. The van der Waals surface area contributed by atoms with Crippen LogP contribution in [-0.2, 0) is 13.3 Å². The van der Waals surface area contributed by atoms with Crippen LogP contribution in [-0.4, -0.2) is 78.5 Å². The van der Waals surface area contributed by atoms with Gasteiger partial charge in [0.2, 0.25) is 0 Å². The molecule has 0 saturated carbocycles. The average molecular weight is 276 g/mol. The Labute approximate surface area is 142 Å². The molecule has 3 nitrogen and oxygen atoms in total. The van der Waals surface area contributed by atoms with E-state index >= 15 is 0 Å². The number of hydrogen-bond donors (Lipinski definition) is 0. The second kappa shape index (κ2) is 10.8. The molecule has 0 aliphatic rings. The predicted molar refractivity (Wildman–Crippen MR) is 69.2 cm³/mol. The van der Waals surface area contributed by atoms with Crippen molar-refractivity contribution in [2.75, 3.05) is 13.2 Å². The first-order valence-electron chi connectivity index (χ1n) is 5.07. The van der Waals surface area contributed by atoms with Crippen LogP contribution in [0.25, 0.3) is 0 Å². The van der Waals surface area contributed by atoms with Gasteiger partial charge in [-0.25, -0.2) is 0 Å². The SMILES string of the molecule is CCCC(=S)O[Si](C)(OCC)OCC.[K]. The van der Waals surface area contributed by atoms with E-state index in [1.54, 1.807) is 0 Å². The predicted octanol–water partition coefficient (Wildman–Crippen LogP) is 2.39. The summed E-state index contributed by atoms with van der Waals surface area (Å²) in [5.41, 5.74) is 0. The van der Waals surface area contributed by atoms with Crippen LogP contribution in [0.2, 0.25) is 6.55 Å². The van der Waals surface area contributed by atoms with Crippen LogP contribution in [0.1, 0.15) is 33.6 Å². The van der Waals surface area contributed by atoms with Crippen molar-refractivity contribution in [2.45, 2.75) is 40.2 Å². The van der Waals surface area contributed by atoms with E-state index in [0.29, 0.717) is 18.3 Å². The maximum Gasteiger partial charge on any atom is 0.563 e. The summed E-state index contributed by atoms with van der Waals surface area (Å²) in [6.07, 6.45) is 1.78. The first-order valence-corrected chi connectivity index (χ1v) is 7.71. The molecular weight excluding hydrogens is 255 g/mol. The number of rotatable bonds is 7. The largest absolute Gasteiger partial charge is 0.563 e. The van der Waals surface area contributed by atoms with Gasteiger partial charge >= 0.3 is 8.80 Å². The summed E-state index contributed by atoms with van der Waals surface area (Å²) in [4.78, 5) is 0. The Morgan fingerprint density at radius 3 is 1.93 bits per heavy atom. The summed E-state index contributed by atoms with van der Waals surface area (Å²) in [6, 6.07) is 0. The summed E-state index contributed by atoms with van der Waals surface area (Å²) in [6.45, 7) is 8.99. The molecule has 0 amide bonds. The van der Waals surface area contributed by atoms with E-state index in [1.165, 1.54) is 0 Å². The molecule has 6 heteroatoms. The van der Waals surface area contributed by atoms with Gasteiger partial charge in [-0.15, -0.1) is 0 Å². The van der Waals surface area contributed by atoms with E-state index in [1.807, 2.05) is 20.4 Å². The van der Waals surface area contributed by atoms with Gasteiger partial charge < -0.3 is 13.3 Å². The molecule has 0 N–H and O–H groups in total. The van der Waals surface area contributed by atoms with Crippen LogP contribution in [0.3, 0.4) is 0 Å². The van der Waals surface area contributed by atoms with Crippen LogP contribution in [0.15, 0.2) is 0 Å². The molecule has 0 aromatic heterocycles. The van der Waals surface area contributed by atoms with Gasteiger partial charge in [0.25, 0.3) is 0 Å². The van der Waals surface area contributed by atoms with Crippen molar-refractivity contribution in [3.8, 4) is 0 Å². The fraction of sp³-hybridized carbons (Fsp3) is 0.889. The fourth-order valence-electron chi connectivity index (χ4n) is 1.09. The van der Waals surface area contributed by atoms with E-state index in [4.69, 9.17) is 25.5 Å². The third-order valence-electron chi connectivity index (χ3n) is 1.57. The standard InChI is InChI=1S/C9H20O3SSi.K/c1-5-8-9(13)12-14(4,10-6-2)11-7-3;/h5-8H2,1-4H3;. The van der Waals surface area contributed by atoms with Gasteiger partial charge in [0.05, 0.1) is 0 Å². The van der Waals surface area contributed by atoms with Crippen LogP contribution in [0.4, 0.5) is 0 Å². The molecule has 0 aliphatic heterocycles. The van der Waals surface area contributed by atoms with Gasteiger partial charge in [-0.3, -0.25) is 0 Å². The quantitative estimate of drug-likeness (QED) is 0.527. The molecule has 0 fully saturated rings. The minimum absolute atomic E-state index is 0. The van der Waals surface area contributed by atoms with Crippen LogP contribution in [0.5, 0.6) is 0 Å². The zero-order valence-electron chi connectivity index (χ0n) is 10.5. The molecular formula is C9H20KO3SSi. The summed E-state index contributed by atoms with van der Waals surface area (Å²) in [5.74, 6) is 0. The molecule has 0 aromatic carbocycles. The Morgan fingerprint density at radius 2 is 1.60 bits per heavy atom. The molecule has 1 radical (unpaired) electrons. The maximum absolute atomic E-state index is 5.59. The molecule has 0 atom stereocenters. The van der Waals surface area contributed by atoms with E-state index in [-0.39, 0.29) is 51.4 Å². The van der Waals surface area contributed by atoms with Gasteiger partial charge in [-0.05, 0) is 32.5 Å². The summed E-state index contributed by atoms with van der Waals surface area (Å²) in [5, 5.41) is 0.601. The van der Waals surface area contributed by atoms with Crippen molar-refractivity contribution in [2.24, 2.45) is 0 Å². The molecule has 0 aromatic rings. The molecule has 0 aliphatic carbocycles. The van der Waals surface area contributed by atoms with Gasteiger partial charge in [0.1, 0.15) is 5.05 Å². The van der Waals surface area contributed by atoms with Crippen LogP contribution < -0.4 is 0 Å². The first kappa shape index (κ1) is 19.0. The second-order valence-corrected chi connectivity index (χ2v) is 5.91. The fourth-order valence-corrected chi connectivity index (χ4v) is 3.51. The zero-order chi connectivity index (χ0) is 11.0. The monoisotopic (exact) mass is 275 g/mol. The first-order chi connectivity index (χ1) is 6.58.